The van der Waals surface area contributed by atoms with Gasteiger partial charge in [-0.25, -0.2) is 0 Å². The molecule has 0 aromatic carbocycles. The summed E-state index contributed by atoms with van der Waals surface area (Å²) in [6, 6.07) is 0. The monoisotopic (exact) mass is 348 g/mol. The van der Waals surface area contributed by atoms with Crippen molar-refractivity contribution in [3.63, 3.8) is 0 Å². The molecule has 0 saturated carbocycles. The van der Waals surface area contributed by atoms with Crippen LogP contribution in [0.5, 0.6) is 0 Å². The molecule has 0 aromatic heterocycles. The van der Waals surface area contributed by atoms with E-state index in [9.17, 15) is 9.59 Å². The molecule has 0 heterocycles. The van der Waals surface area contributed by atoms with Crippen LogP contribution in [0.15, 0.2) is 22.5 Å². The molecule has 0 amide bonds. The van der Waals surface area contributed by atoms with Crippen LogP contribution in [0, 0.1) is 0 Å². The van der Waals surface area contributed by atoms with Gasteiger partial charge in [-0.1, -0.05) is 71.1 Å². The first-order valence-corrected chi connectivity index (χ1v) is 10.1. The van der Waals surface area contributed by atoms with Gasteiger partial charge in [0.1, 0.15) is 0 Å². The number of carbonyl (C=O) groups is 2. The van der Waals surface area contributed by atoms with Crippen molar-refractivity contribution in [2.45, 2.75) is 97.8 Å². The van der Waals surface area contributed by atoms with Crippen LogP contribution in [-0.4, -0.2) is 18.7 Å². The highest BCUT2D eigenvalue weighted by molar-refractivity contribution is 6.23. The maximum absolute atomic E-state index is 12.4. The van der Waals surface area contributed by atoms with E-state index in [1.54, 1.807) is 13.8 Å². The molecule has 0 unspecified atom stereocenters. The topological polar surface area (TPSA) is 43.4 Å². The summed E-state index contributed by atoms with van der Waals surface area (Å²) in [6.07, 6.45) is 14.7. The van der Waals surface area contributed by atoms with E-state index >= 15 is 0 Å². The fraction of sp³-hybridized carbons (Fsp3) is 0.727. The zero-order chi connectivity index (χ0) is 18.7. The number of ketones is 2. The second-order valence-electron chi connectivity index (χ2n) is 7.21. The van der Waals surface area contributed by atoms with Crippen molar-refractivity contribution in [2.75, 3.05) is 7.11 Å². The molecule has 0 radical (unpaired) electrons. The fourth-order valence-electron chi connectivity index (χ4n) is 3.39. The number of hydrogen-bond donors (Lipinski definition) is 0. The van der Waals surface area contributed by atoms with Gasteiger partial charge in [-0.2, -0.15) is 0 Å². The summed E-state index contributed by atoms with van der Waals surface area (Å²) in [6.45, 7) is 5.69. The van der Waals surface area contributed by atoms with Gasteiger partial charge in [-0.05, 0) is 26.7 Å². The summed E-state index contributed by atoms with van der Waals surface area (Å²) in [5.41, 5.74) is 1.67. The molecule has 1 aliphatic carbocycles. The van der Waals surface area contributed by atoms with Crippen LogP contribution in [0.4, 0.5) is 0 Å². The molecule has 0 saturated heterocycles. The van der Waals surface area contributed by atoms with Gasteiger partial charge in [0.15, 0.2) is 11.5 Å². The highest BCUT2D eigenvalue weighted by Gasteiger charge is 2.30. The zero-order valence-corrected chi connectivity index (χ0v) is 16.7. The smallest absolute Gasteiger partial charge is 0.224 e. The molecular weight excluding hydrogens is 312 g/mol. The van der Waals surface area contributed by atoms with Crippen LogP contribution in [-0.2, 0) is 14.3 Å². The Balaban J connectivity index is 2.24. The van der Waals surface area contributed by atoms with Crippen LogP contribution in [0.25, 0.3) is 0 Å². The van der Waals surface area contributed by atoms with Gasteiger partial charge in [0, 0.05) is 16.7 Å². The predicted octanol–water partition coefficient (Wildman–Crippen LogP) is 6.08. The second-order valence-corrected chi connectivity index (χ2v) is 7.21. The van der Waals surface area contributed by atoms with Crippen molar-refractivity contribution in [1.82, 2.24) is 0 Å². The van der Waals surface area contributed by atoms with Gasteiger partial charge in [0.05, 0.1) is 7.11 Å². The predicted molar refractivity (Wildman–Crippen MR) is 104 cm³/mol. The van der Waals surface area contributed by atoms with Gasteiger partial charge < -0.3 is 4.74 Å². The molecule has 1 rings (SSSR count). The first kappa shape index (κ1) is 21.7. The third-order valence-corrected chi connectivity index (χ3v) is 5.23. The lowest BCUT2D eigenvalue weighted by Crippen LogP contribution is -2.23. The lowest BCUT2D eigenvalue weighted by atomic mass is 9.87. The van der Waals surface area contributed by atoms with E-state index in [1.165, 1.54) is 64.9 Å². The SMILES string of the molecule is CCCCCCCCCCCCCC1=C(OC)C(=O)C(C)=C(C)C1=O. The minimum atomic E-state index is -0.127. The van der Waals surface area contributed by atoms with E-state index in [-0.39, 0.29) is 17.3 Å². The molecule has 0 spiro atoms. The molecule has 142 valence electrons. The number of hydrogen-bond acceptors (Lipinski definition) is 3. The minimum Gasteiger partial charge on any atom is -0.492 e. The maximum Gasteiger partial charge on any atom is 0.224 e. The van der Waals surface area contributed by atoms with Crippen molar-refractivity contribution in [3.8, 4) is 0 Å². The molecule has 0 N–H and O–H groups in total. The Kier molecular flexibility index (Phi) is 10.4. The molecule has 0 aliphatic heterocycles. The van der Waals surface area contributed by atoms with Gasteiger partial charge >= 0.3 is 0 Å². The average molecular weight is 349 g/mol. The average Bonchev–Trinajstić information content (AvgIpc) is 2.62. The summed E-state index contributed by atoms with van der Waals surface area (Å²) < 4.78 is 5.23. The van der Waals surface area contributed by atoms with E-state index in [4.69, 9.17) is 4.74 Å². The number of methoxy groups -OCH3 is 1. The molecule has 0 fully saturated rings. The van der Waals surface area contributed by atoms with Crippen molar-refractivity contribution in [2.24, 2.45) is 0 Å². The van der Waals surface area contributed by atoms with Crippen molar-refractivity contribution in [1.29, 1.82) is 0 Å². The van der Waals surface area contributed by atoms with E-state index in [0.717, 1.165) is 12.8 Å². The number of allylic oxidation sites excluding steroid dienone is 3. The highest BCUT2D eigenvalue weighted by atomic mass is 16.5. The Morgan fingerprint density at radius 2 is 1.12 bits per heavy atom. The first-order chi connectivity index (χ1) is 12.0. The van der Waals surface area contributed by atoms with Crippen molar-refractivity contribution in [3.05, 3.63) is 22.5 Å². The largest absolute Gasteiger partial charge is 0.492 e. The summed E-state index contributed by atoms with van der Waals surface area (Å²) in [7, 11) is 1.48. The molecule has 0 atom stereocenters. The standard InChI is InChI=1S/C22H36O3/c1-5-6-7-8-9-10-11-12-13-14-15-16-19-20(23)17(2)18(3)21(24)22(19)25-4/h5-16H2,1-4H3. The normalized spacial score (nSPS) is 15.4. The molecular formula is C22H36O3. The summed E-state index contributed by atoms with van der Waals surface area (Å²) in [5, 5.41) is 0. The van der Waals surface area contributed by atoms with Crippen LogP contribution in [0.3, 0.4) is 0 Å². The van der Waals surface area contributed by atoms with Crippen LogP contribution in [0.2, 0.25) is 0 Å². The lowest BCUT2D eigenvalue weighted by Gasteiger charge is -2.19. The Morgan fingerprint density at radius 1 is 0.680 bits per heavy atom. The van der Waals surface area contributed by atoms with Crippen LogP contribution >= 0.6 is 0 Å². The van der Waals surface area contributed by atoms with E-state index < -0.39 is 0 Å². The Labute approximate surface area is 153 Å². The number of Topliss-reactive ketones (excluding diaryl/α,β-unsaturated/α-hetero) is 2. The number of rotatable bonds is 13. The molecule has 1 aliphatic rings. The highest BCUT2D eigenvalue weighted by Crippen LogP contribution is 2.28. The number of carbonyl (C=O) groups excluding carboxylic acids is 2. The summed E-state index contributed by atoms with van der Waals surface area (Å²) >= 11 is 0. The van der Waals surface area contributed by atoms with E-state index in [0.29, 0.717) is 23.1 Å². The number of ether oxygens (including phenoxy) is 1. The van der Waals surface area contributed by atoms with Crippen molar-refractivity contribution >= 4 is 11.6 Å². The van der Waals surface area contributed by atoms with Crippen molar-refractivity contribution < 1.29 is 14.3 Å². The van der Waals surface area contributed by atoms with Crippen LogP contribution < -0.4 is 0 Å². The molecule has 3 nitrogen and oxygen atoms in total. The van der Waals surface area contributed by atoms with Gasteiger partial charge in [-0.3, -0.25) is 9.59 Å². The van der Waals surface area contributed by atoms with E-state index in [2.05, 4.69) is 6.92 Å². The minimum absolute atomic E-state index is 0.0129. The molecule has 3 heteroatoms. The summed E-state index contributed by atoms with van der Waals surface area (Å²) in [5.74, 6) is 0.124. The lowest BCUT2D eigenvalue weighted by molar-refractivity contribution is -0.118. The Bertz CT molecular complexity index is 511. The Morgan fingerprint density at radius 3 is 1.60 bits per heavy atom. The maximum atomic E-state index is 12.4. The van der Waals surface area contributed by atoms with E-state index in [1.807, 2.05) is 0 Å². The molecule has 0 bridgehead atoms. The second kappa shape index (κ2) is 12.1. The van der Waals surface area contributed by atoms with Crippen LogP contribution in [0.1, 0.15) is 97.8 Å². The summed E-state index contributed by atoms with van der Waals surface area (Å²) in [4.78, 5) is 24.6. The number of unbranched alkanes of at least 4 members (excludes halogenated alkanes) is 10. The quantitative estimate of drug-likeness (QED) is 0.299. The third-order valence-electron chi connectivity index (χ3n) is 5.23. The van der Waals surface area contributed by atoms with Gasteiger partial charge in [0.2, 0.25) is 5.78 Å². The molecule has 0 aromatic rings. The zero-order valence-electron chi connectivity index (χ0n) is 16.7. The Hall–Kier alpha value is -1.38. The third kappa shape index (κ3) is 6.80. The first-order valence-electron chi connectivity index (χ1n) is 10.1. The fourth-order valence-corrected chi connectivity index (χ4v) is 3.39. The molecule has 25 heavy (non-hydrogen) atoms. The van der Waals surface area contributed by atoms with Gasteiger partial charge in [0.25, 0.3) is 0 Å². The van der Waals surface area contributed by atoms with Gasteiger partial charge in [-0.15, -0.1) is 0 Å².